The highest BCUT2D eigenvalue weighted by Crippen LogP contribution is 2.40. The molecule has 116 valence electrons. The van der Waals surface area contributed by atoms with Crippen molar-refractivity contribution >= 4 is 12.6 Å². The number of phenols is 1. The molecule has 0 aromatic heterocycles. The number of aldehydes is 2. The first-order chi connectivity index (χ1) is 9.50. The highest BCUT2D eigenvalue weighted by molar-refractivity contribution is 5.77. The van der Waals surface area contributed by atoms with Crippen LogP contribution in [0, 0.1) is 5.92 Å². The van der Waals surface area contributed by atoms with Crippen molar-refractivity contribution in [2.45, 2.75) is 58.8 Å². The van der Waals surface area contributed by atoms with Gasteiger partial charge in [-0.2, -0.15) is 0 Å². The summed E-state index contributed by atoms with van der Waals surface area (Å²) in [5, 5.41) is 10.6. The Labute approximate surface area is 127 Å². The van der Waals surface area contributed by atoms with E-state index in [4.69, 9.17) is 0 Å². The van der Waals surface area contributed by atoms with Crippen LogP contribution in [0.15, 0.2) is 12.1 Å². The molecule has 1 aromatic rings. The molecule has 0 spiro atoms. The lowest BCUT2D eigenvalue weighted by Crippen LogP contribution is -2.19. The smallest absolute Gasteiger partial charge is 0.130 e. The van der Waals surface area contributed by atoms with Crippen molar-refractivity contribution in [3.63, 3.8) is 0 Å². The lowest BCUT2D eigenvalue weighted by Gasteiger charge is -2.28. The molecule has 0 radical (unpaired) electrons. The van der Waals surface area contributed by atoms with Crippen LogP contribution in [0.4, 0.5) is 0 Å². The second-order valence-corrected chi connectivity index (χ2v) is 7.68. The molecule has 0 amide bonds. The summed E-state index contributed by atoms with van der Waals surface area (Å²) in [6, 6.07) is 3.81. The summed E-state index contributed by atoms with van der Waals surface area (Å²) in [7, 11) is 0. The number of hydrogen-bond donors (Lipinski definition) is 1. The van der Waals surface area contributed by atoms with E-state index in [1.165, 1.54) is 0 Å². The van der Waals surface area contributed by atoms with Crippen molar-refractivity contribution in [1.82, 2.24) is 0 Å². The molecule has 21 heavy (non-hydrogen) atoms. The summed E-state index contributed by atoms with van der Waals surface area (Å²) >= 11 is 0. The molecule has 1 N–H and O–H groups in total. The molecule has 0 unspecified atom stereocenters. The largest absolute Gasteiger partial charge is 0.507 e. The number of aromatic hydroxyl groups is 1. The fourth-order valence-electron chi connectivity index (χ4n) is 2.36. The van der Waals surface area contributed by atoms with E-state index in [0.29, 0.717) is 24.7 Å². The number of phenolic OH excluding ortho intramolecular Hbond substituents is 1. The van der Waals surface area contributed by atoms with Crippen LogP contribution in [-0.4, -0.2) is 17.7 Å². The van der Waals surface area contributed by atoms with Crippen LogP contribution in [0.5, 0.6) is 5.75 Å². The highest BCUT2D eigenvalue weighted by Gasteiger charge is 2.26. The minimum atomic E-state index is -0.629. The van der Waals surface area contributed by atoms with Crippen molar-refractivity contribution < 1.29 is 14.7 Å². The van der Waals surface area contributed by atoms with E-state index in [-0.39, 0.29) is 10.8 Å². The number of carbonyl (C=O) groups is 2. The van der Waals surface area contributed by atoms with Crippen LogP contribution < -0.4 is 0 Å². The second-order valence-electron chi connectivity index (χ2n) is 7.68. The van der Waals surface area contributed by atoms with E-state index < -0.39 is 5.92 Å². The van der Waals surface area contributed by atoms with Crippen molar-refractivity contribution in [2.24, 2.45) is 5.92 Å². The standard InChI is InChI=1S/C18H26O3/c1-17(2,3)14-8-12(7-13(10-19)11-20)9-15(16(14)21)18(4,5)6/h8-11,13,21H,7H2,1-6H3. The van der Waals surface area contributed by atoms with E-state index in [9.17, 15) is 14.7 Å². The van der Waals surface area contributed by atoms with Gasteiger partial charge in [-0.15, -0.1) is 0 Å². The summed E-state index contributed by atoms with van der Waals surface area (Å²) in [5.41, 5.74) is 2.18. The van der Waals surface area contributed by atoms with Gasteiger partial charge in [0.1, 0.15) is 18.3 Å². The van der Waals surface area contributed by atoms with Crippen LogP contribution in [0.3, 0.4) is 0 Å². The van der Waals surface area contributed by atoms with E-state index in [1.807, 2.05) is 53.7 Å². The van der Waals surface area contributed by atoms with E-state index in [2.05, 4.69) is 0 Å². The SMILES string of the molecule is CC(C)(C)c1cc(CC(C=O)C=O)cc(C(C)(C)C)c1O. The van der Waals surface area contributed by atoms with E-state index >= 15 is 0 Å². The molecule has 0 aliphatic rings. The molecule has 0 aliphatic carbocycles. The second kappa shape index (κ2) is 6.00. The van der Waals surface area contributed by atoms with Crippen molar-refractivity contribution in [3.8, 4) is 5.75 Å². The Hall–Kier alpha value is -1.64. The van der Waals surface area contributed by atoms with E-state index in [0.717, 1.165) is 16.7 Å². The number of benzene rings is 1. The molecule has 0 aliphatic heterocycles. The van der Waals surface area contributed by atoms with Crippen molar-refractivity contribution in [2.75, 3.05) is 0 Å². The molecule has 0 fully saturated rings. The van der Waals surface area contributed by atoms with Gasteiger partial charge in [0.2, 0.25) is 0 Å². The predicted molar refractivity (Wildman–Crippen MR) is 84.8 cm³/mol. The zero-order valence-electron chi connectivity index (χ0n) is 13.9. The molecule has 1 aromatic carbocycles. The maximum Gasteiger partial charge on any atom is 0.130 e. The van der Waals surface area contributed by atoms with Crippen LogP contribution in [0.2, 0.25) is 0 Å². The van der Waals surface area contributed by atoms with Crippen LogP contribution in [-0.2, 0) is 26.8 Å². The molecule has 0 saturated heterocycles. The van der Waals surface area contributed by atoms with Gasteiger partial charge in [0.15, 0.2) is 0 Å². The number of carbonyl (C=O) groups excluding carboxylic acids is 2. The first-order valence-electron chi connectivity index (χ1n) is 7.28. The van der Waals surface area contributed by atoms with Gasteiger partial charge < -0.3 is 14.7 Å². The molecule has 3 nitrogen and oxygen atoms in total. The Morgan fingerprint density at radius 2 is 1.33 bits per heavy atom. The summed E-state index contributed by atoms with van der Waals surface area (Å²) in [6.07, 6.45) is 1.72. The first kappa shape index (κ1) is 17.4. The fourth-order valence-corrected chi connectivity index (χ4v) is 2.36. The van der Waals surface area contributed by atoms with Crippen molar-refractivity contribution in [1.29, 1.82) is 0 Å². The van der Waals surface area contributed by atoms with E-state index in [1.54, 1.807) is 0 Å². The maximum absolute atomic E-state index is 10.9. The highest BCUT2D eigenvalue weighted by atomic mass is 16.3. The lowest BCUT2D eigenvalue weighted by molar-refractivity contribution is -0.119. The zero-order valence-corrected chi connectivity index (χ0v) is 13.9. The minimum absolute atomic E-state index is 0.210. The molecule has 0 bridgehead atoms. The lowest BCUT2D eigenvalue weighted by atomic mass is 9.77. The monoisotopic (exact) mass is 290 g/mol. The maximum atomic E-state index is 10.9. The van der Waals surface area contributed by atoms with Crippen molar-refractivity contribution in [3.05, 3.63) is 28.8 Å². The zero-order chi connectivity index (χ0) is 16.4. The molecule has 0 atom stereocenters. The summed E-state index contributed by atoms with van der Waals surface area (Å²) in [4.78, 5) is 21.8. The number of hydrogen-bond acceptors (Lipinski definition) is 3. The molecular weight excluding hydrogens is 264 g/mol. The Bertz CT molecular complexity index is 487. The quantitative estimate of drug-likeness (QED) is 0.681. The van der Waals surface area contributed by atoms with Crippen LogP contribution in [0.1, 0.15) is 58.2 Å². The normalized spacial score (nSPS) is 12.5. The van der Waals surface area contributed by atoms with Gasteiger partial charge in [-0.1, -0.05) is 53.7 Å². The third-order valence-electron chi connectivity index (χ3n) is 3.61. The van der Waals surface area contributed by atoms with Gasteiger partial charge in [0.25, 0.3) is 0 Å². The van der Waals surface area contributed by atoms with Gasteiger partial charge in [-0.3, -0.25) is 0 Å². The first-order valence-corrected chi connectivity index (χ1v) is 7.28. The van der Waals surface area contributed by atoms with Gasteiger partial charge in [0.05, 0.1) is 5.92 Å². The van der Waals surface area contributed by atoms with Gasteiger partial charge >= 0.3 is 0 Å². The molecule has 0 saturated carbocycles. The summed E-state index contributed by atoms with van der Waals surface area (Å²) < 4.78 is 0. The molecular formula is C18H26O3. The molecule has 1 rings (SSSR count). The Balaban J connectivity index is 3.47. The van der Waals surface area contributed by atoms with Crippen LogP contribution >= 0.6 is 0 Å². The fraction of sp³-hybridized carbons (Fsp3) is 0.556. The average Bonchev–Trinajstić information content (AvgIpc) is 2.34. The minimum Gasteiger partial charge on any atom is -0.507 e. The third kappa shape index (κ3) is 4.16. The summed E-state index contributed by atoms with van der Waals surface area (Å²) in [6.45, 7) is 12.2. The number of rotatable bonds is 4. The predicted octanol–water partition coefficient (Wildman–Crippen LogP) is 3.54. The third-order valence-corrected chi connectivity index (χ3v) is 3.61. The molecule has 0 heterocycles. The Morgan fingerprint density at radius 1 is 0.952 bits per heavy atom. The average molecular weight is 290 g/mol. The summed E-state index contributed by atoms with van der Waals surface area (Å²) in [5.74, 6) is -0.317. The van der Waals surface area contributed by atoms with Gasteiger partial charge in [0, 0.05) is 0 Å². The Morgan fingerprint density at radius 3 is 1.62 bits per heavy atom. The molecule has 3 heteroatoms. The van der Waals surface area contributed by atoms with Crippen LogP contribution in [0.25, 0.3) is 0 Å². The Kier molecular flexibility index (Phi) is 4.98. The van der Waals surface area contributed by atoms with Gasteiger partial charge in [-0.25, -0.2) is 0 Å². The van der Waals surface area contributed by atoms with Gasteiger partial charge in [-0.05, 0) is 33.9 Å². The topological polar surface area (TPSA) is 54.4 Å².